The van der Waals surface area contributed by atoms with Crippen LogP contribution in [-0.2, 0) is 16.1 Å². The van der Waals surface area contributed by atoms with E-state index in [2.05, 4.69) is 20.4 Å². The summed E-state index contributed by atoms with van der Waals surface area (Å²) in [5.74, 6) is -2.98. The summed E-state index contributed by atoms with van der Waals surface area (Å²) in [5, 5.41) is 11.4. The molecule has 32 heavy (non-hydrogen) atoms. The lowest BCUT2D eigenvalue weighted by atomic mass is 9.84. The van der Waals surface area contributed by atoms with Gasteiger partial charge in [-0.05, 0) is 36.5 Å². The Hall–Kier alpha value is -2.26. The van der Waals surface area contributed by atoms with Crippen molar-refractivity contribution in [2.24, 2.45) is 5.92 Å². The number of benzene rings is 1. The number of alkyl halides is 2. The normalized spacial score (nSPS) is 19.9. The molecule has 2 heterocycles. The SMILES string of the molecule is O=C(CC1CCC(F)(F)CC1)NCC(=O)N1CCN(Cc2cc(Cl)cc3cn[nH]c23)CC1. The van der Waals surface area contributed by atoms with Gasteiger partial charge >= 0.3 is 0 Å². The van der Waals surface area contributed by atoms with Crippen molar-refractivity contribution >= 4 is 34.3 Å². The van der Waals surface area contributed by atoms with Gasteiger partial charge in [0.15, 0.2) is 0 Å². The molecule has 0 bridgehead atoms. The molecule has 1 aromatic heterocycles. The molecule has 1 aromatic carbocycles. The van der Waals surface area contributed by atoms with Gasteiger partial charge in [-0.25, -0.2) is 8.78 Å². The quantitative estimate of drug-likeness (QED) is 0.683. The van der Waals surface area contributed by atoms with E-state index in [1.54, 1.807) is 11.1 Å². The second kappa shape index (κ2) is 9.70. The van der Waals surface area contributed by atoms with Crippen molar-refractivity contribution in [1.82, 2.24) is 25.3 Å². The summed E-state index contributed by atoms with van der Waals surface area (Å²) in [6, 6.07) is 3.81. The summed E-state index contributed by atoms with van der Waals surface area (Å²) in [6.45, 7) is 3.26. The number of hydrogen-bond donors (Lipinski definition) is 2. The predicted molar refractivity (Wildman–Crippen MR) is 117 cm³/mol. The maximum absolute atomic E-state index is 13.2. The summed E-state index contributed by atoms with van der Waals surface area (Å²) in [6.07, 6.45) is 2.35. The largest absolute Gasteiger partial charge is 0.347 e. The van der Waals surface area contributed by atoms with Gasteiger partial charge in [0.1, 0.15) is 0 Å². The second-order valence-electron chi connectivity index (χ2n) is 8.84. The van der Waals surface area contributed by atoms with Crippen LogP contribution in [-0.4, -0.2) is 70.5 Å². The zero-order chi connectivity index (χ0) is 22.7. The second-order valence-corrected chi connectivity index (χ2v) is 9.27. The average Bonchev–Trinajstić information content (AvgIpc) is 3.23. The zero-order valence-corrected chi connectivity index (χ0v) is 18.6. The molecule has 2 amide bonds. The Labute approximate surface area is 190 Å². The Morgan fingerprint density at radius 1 is 1.19 bits per heavy atom. The van der Waals surface area contributed by atoms with Crippen LogP contribution in [0.4, 0.5) is 8.78 Å². The summed E-state index contributed by atoms with van der Waals surface area (Å²) < 4.78 is 26.5. The third-order valence-electron chi connectivity index (χ3n) is 6.46. The van der Waals surface area contributed by atoms with Crippen molar-refractivity contribution in [1.29, 1.82) is 0 Å². The van der Waals surface area contributed by atoms with Crippen molar-refractivity contribution in [3.63, 3.8) is 0 Å². The first-order chi connectivity index (χ1) is 15.3. The number of nitrogens with zero attached hydrogens (tertiary/aromatic N) is 3. The van der Waals surface area contributed by atoms with Gasteiger partial charge in [0, 0.05) is 62.4 Å². The van der Waals surface area contributed by atoms with Crippen molar-refractivity contribution in [3.8, 4) is 0 Å². The summed E-state index contributed by atoms with van der Waals surface area (Å²) in [5.41, 5.74) is 2.04. The molecule has 2 aromatic rings. The molecule has 2 fully saturated rings. The van der Waals surface area contributed by atoms with Gasteiger partial charge in [-0.3, -0.25) is 19.6 Å². The number of fused-ring (bicyclic) bond motifs is 1. The Morgan fingerprint density at radius 3 is 2.62 bits per heavy atom. The Bertz CT molecular complexity index is 964. The van der Waals surface area contributed by atoms with Crippen molar-refractivity contribution in [3.05, 3.63) is 28.9 Å². The van der Waals surface area contributed by atoms with E-state index < -0.39 is 5.92 Å². The molecule has 1 saturated carbocycles. The number of halogens is 3. The molecule has 0 spiro atoms. The number of piperazine rings is 1. The molecule has 0 atom stereocenters. The smallest absolute Gasteiger partial charge is 0.248 e. The van der Waals surface area contributed by atoms with E-state index in [0.717, 1.165) is 29.6 Å². The summed E-state index contributed by atoms with van der Waals surface area (Å²) in [7, 11) is 0. The first kappa shape index (κ1) is 22.9. The highest BCUT2D eigenvalue weighted by Crippen LogP contribution is 2.37. The Morgan fingerprint density at radius 2 is 1.91 bits per heavy atom. The van der Waals surface area contributed by atoms with Gasteiger partial charge in [0.05, 0.1) is 18.3 Å². The third kappa shape index (κ3) is 5.75. The van der Waals surface area contributed by atoms with Gasteiger partial charge in [0.25, 0.3) is 0 Å². The highest BCUT2D eigenvalue weighted by Gasteiger charge is 2.35. The minimum absolute atomic E-state index is 0.0268. The van der Waals surface area contributed by atoms with E-state index in [1.807, 2.05) is 12.1 Å². The summed E-state index contributed by atoms with van der Waals surface area (Å²) in [4.78, 5) is 28.6. The van der Waals surface area contributed by atoms with Crippen molar-refractivity contribution in [2.75, 3.05) is 32.7 Å². The van der Waals surface area contributed by atoms with Crippen LogP contribution in [0.5, 0.6) is 0 Å². The molecule has 2 aliphatic rings. The number of amides is 2. The number of H-pyrrole nitrogens is 1. The molecule has 4 rings (SSSR count). The highest BCUT2D eigenvalue weighted by atomic mass is 35.5. The number of nitrogens with one attached hydrogen (secondary N) is 2. The van der Waals surface area contributed by atoms with E-state index in [9.17, 15) is 18.4 Å². The minimum atomic E-state index is -2.60. The predicted octanol–water partition coefficient (Wildman–Crippen LogP) is 3.19. The number of carbonyl (C=O) groups excluding carboxylic acids is 2. The highest BCUT2D eigenvalue weighted by molar-refractivity contribution is 6.31. The molecule has 0 radical (unpaired) electrons. The summed E-state index contributed by atoms with van der Waals surface area (Å²) >= 11 is 6.22. The molecule has 7 nitrogen and oxygen atoms in total. The standard InChI is InChI=1S/C22H28ClF2N5O2/c23-18-10-16-12-27-28-21(16)17(11-18)14-29-5-7-30(8-6-29)20(32)13-26-19(31)9-15-1-3-22(24,25)4-2-15/h10-12,15H,1-9,13-14H2,(H,26,31)(H,27,28). The van der Waals surface area contributed by atoms with E-state index in [-0.39, 0.29) is 43.5 Å². The number of aromatic nitrogens is 2. The van der Waals surface area contributed by atoms with Gasteiger partial charge < -0.3 is 10.2 Å². The lowest BCUT2D eigenvalue weighted by molar-refractivity contribution is -0.134. The number of rotatable bonds is 6. The van der Waals surface area contributed by atoms with Crippen LogP contribution >= 0.6 is 11.6 Å². The van der Waals surface area contributed by atoms with Crippen molar-refractivity contribution in [2.45, 2.75) is 44.6 Å². The molecule has 1 aliphatic heterocycles. The van der Waals surface area contributed by atoms with Gasteiger partial charge in [-0.2, -0.15) is 5.10 Å². The topological polar surface area (TPSA) is 81.3 Å². The fourth-order valence-corrected chi connectivity index (χ4v) is 4.79. The molecule has 0 unspecified atom stereocenters. The van der Waals surface area contributed by atoms with E-state index in [4.69, 9.17) is 11.6 Å². The van der Waals surface area contributed by atoms with Gasteiger partial charge in [0.2, 0.25) is 17.7 Å². The fraction of sp³-hybridized carbons (Fsp3) is 0.591. The van der Waals surface area contributed by atoms with E-state index >= 15 is 0 Å². The average molecular weight is 468 g/mol. The Kier molecular flexibility index (Phi) is 6.95. The number of carbonyl (C=O) groups is 2. The molecular weight excluding hydrogens is 440 g/mol. The van der Waals surface area contributed by atoms with E-state index in [1.165, 1.54) is 0 Å². The van der Waals surface area contributed by atoms with Crippen LogP contribution in [0.1, 0.15) is 37.7 Å². The van der Waals surface area contributed by atoms with Crippen LogP contribution in [0.15, 0.2) is 18.3 Å². The van der Waals surface area contributed by atoms with Gasteiger partial charge in [-0.1, -0.05) is 11.6 Å². The number of aromatic amines is 1. The van der Waals surface area contributed by atoms with Crippen LogP contribution in [0, 0.1) is 5.92 Å². The zero-order valence-electron chi connectivity index (χ0n) is 17.9. The van der Waals surface area contributed by atoms with Crippen LogP contribution < -0.4 is 5.32 Å². The van der Waals surface area contributed by atoms with Crippen LogP contribution in [0.2, 0.25) is 5.02 Å². The lowest BCUT2D eigenvalue weighted by Gasteiger charge is -2.35. The molecule has 174 valence electrons. The minimum Gasteiger partial charge on any atom is -0.347 e. The molecular formula is C22H28ClF2N5O2. The molecule has 2 N–H and O–H groups in total. The fourth-order valence-electron chi connectivity index (χ4n) is 4.54. The maximum atomic E-state index is 13.2. The number of hydrogen-bond acceptors (Lipinski definition) is 4. The third-order valence-corrected chi connectivity index (χ3v) is 6.68. The monoisotopic (exact) mass is 467 g/mol. The molecule has 10 heteroatoms. The molecule has 1 aliphatic carbocycles. The Balaban J connectivity index is 1.19. The van der Waals surface area contributed by atoms with Crippen LogP contribution in [0.3, 0.4) is 0 Å². The lowest BCUT2D eigenvalue weighted by Crippen LogP contribution is -2.51. The first-order valence-electron chi connectivity index (χ1n) is 11.1. The first-order valence-corrected chi connectivity index (χ1v) is 11.4. The molecule has 1 saturated heterocycles. The maximum Gasteiger partial charge on any atom is 0.248 e. The van der Waals surface area contributed by atoms with E-state index in [0.29, 0.717) is 37.5 Å². The van der Waals surface area contributed by atoms with Gasteiger partial charge in [-0.15, -0.1) is 0 Å². The van der Waals surface area contributed by atoms with Crippen molar-refractivity contribution < 1.29 is 18.4 Å². The van der Waals surface area contributed by atoms with Crippen LogP contribution in [0.25, 0.3) is 10.9 Å².